The molecule has 1 amide bonds. The first-order valence-electron chi connectivity index (χ1n) is 2.36. The molecule has 0 aliphatic carbocycles. The van der Waals surface area contributed by atoms with Crippen LogP contribution in [0.15, 0.2) is 0 Å². The van der Waals surface area contributed by atoms with Crippen molar-refractivity contribution in [3.8, 4) is 0 Å². The predicted octanol–water partition coefficient (Wildman–Crippen LogP) is -0.383. The molecule has 0 radical (unpaired) electrons. The quantitative estimate of drug-likeness (QED) is 0.528. The number of hydrogen-bond donors (Lipinski definition) is 2. The van der Waals surface area contributed by atoms with Crippen molar-refractivity contribution in [1.82, 2.24) is 4.72 Å². The number of rotatable bonds is 2. The summed E-state index contributed by atoms with van der Waals surface area (Å²) in [4.78, 5) is 10.3. The van der Waals surface area contributed by atoms with Gasteiger partial charge in [-0.2, -0.15) is 0 Å². The van der Waals surface area contributed by atoms with Crippen LogP contribution in [-0.4, -0.2) is 20.5 Å². The average Bonchev–Trinajstić information content (AvgIpc) is 1.62. The second-order valence-electron chi connectivity index (χ2n) is 1.52. The van der Waals surface area contributed by atoms with Crippen LogP contribution >= 0.6 is 0 Å². The first-order chi connectivity index (χ1) is 3.95. The summed E-state index contributed by atoms with van der Waals surface area (Å²) in [5.74, 6) is 2.34. The molecule has 0 heterocycles. The zero-order valence-corrected chi connectivity index (χ0v) is 5.90. The highest BCUT2D eigenvalue weighted by molar-refractivity contribution is 7.93. The molecular formula is C4H9NO3S. The zero-order valence-electron chi connectivity index (χ0n) is 5.09. The van der Waals surface area contributed by atoms with E-state index in [2.05, 4.69) is 5.87 Å². The Kier molecular flexibility index (Phi) is 2.66. The lowest BCUT2D eigenvalue weighted by atomic mass is 10.5. The summed E-state index contributed by atoms with van der Waals surface area (Å²) >= 11 is 0. The number of carbonyl (C=O) groups is 1. The Morgan fingerprint density at radius 2 is 2.33 bits per heavy atom. The number of amides is 1. The van der Waals surface area contributed by atoms with Crippen molar-refractivity contribution >= 4 is 21.8 Å². The van der Waals surface area contributed by atoms with Crippen LogP contribution in [0, 0.1) is 0 Å². The Labute approximate surface area is 54.2 Å². The van der Waals surface area contributed by atoms with Crippen molar-refractivity contribution in [2.24, 2.45) is 0 Å². The molecule has 9 heavy (non-hydrogen) atoms. The second kappa shape index (κ2) is 2.84. The van der Waals surface area contributed by atoms with Gasteiger partial charge in [0.1, 0.15) is 0 Å². The van der Waals surface area contributed by atoms with Crippen molar-refractivity contribution in [3.05, 3.63) is 0 Å². The van der Waals surface area contributed by atoms with Crippen LogP contribution in [0.25, 0.3) is 0 Å². The molecule has 2 N–H and O–H groups in total. The summed E-state index contributed by atoms with van der Waals surface area (Å²) in [6.45, 7) is 1.58. The highest BCUT2D eigenvalue weighted by Crippen LogP contribution is 1.78. The summed E-state index contributed by atoms with van der Waals surface area (Å²) in [6.07, 6.45) is 0.188. The fourth-order valence-corrected chi connectivity index (χ4v) is 0.750. The van der Waals surface area contributed by atoms with Gasteiger partial charge in [0.05, 0.1) is 0 Å². The summed E-state index contributed by atoms with van der Waals surface area (Å²) in [6, 6.07) is 0. The maximum absolute atomic E-state index is 10.3. The fourth-order valence-electron chi connectivity index (χ4n) is 0.250. The van der Waals surface area contributed by atoms with E-state index in [-0.39, 0.29) is 6.42 Å². The molecule has 0 bridgehead atoms. The lowest BCUT2D eigenvalue weighted by Crippen LogP contribution is -2.28. The topological polar surface area (TPSA) is 66.4 Å². The molecule has 0 spiro atoms. The lowest BCUT2D eigenvalue weighted by Gasteiger charge is -2.00. The van der Waals surface area contributed by atoms with E-state index in [0.717, 1.165) is 0 Å². The van der Waals surface area contributed by atoms with E-state index in [1.165, 1.54) is 0 Å². The van der Waals surface area contributed by atoms with Gasteiger partial charge < -0.3 is 0 Å². The van der Waals surface area contributed by atoms with Crippen LogP contribution in [0.3, 0.4) is 0 Å². The Hall–Kier alpha value is -0.550. The molecular weight excluding hydrogens is 142 g/mol. The molecule has 0 fully saturated rings. The third kappa shape index (κ3) is 5.32. The molecule has 0 aliphatic rings. The van der Waals surface area contributed by atoms with Gasteiger partial charge in [-0.15, -0.1) is 0 Å². The fraction of sp³-hybridized carbons (Fsp3) is 0.500. The average molecular weight is 151 g/mol. The van der Waals surface area contributed by atoms with Crippen molar-refractivity contribution in [2.75, 3.05) is 0 Å². The van der Waals surface area contributed by atoms with Gasteiger partial charge in [-0.1, -0.05) is 6.92 Å². The molecule has 54 valence electrons. The Morgan fingerprint density at radius 3 is 2.44 bits per heavy atom. The lowest BCUT2D eigenvalue weighted by molar-refractivity contribution is -0.119. The predicted molar refractivity (Wildman–Crippen MR) is 36.3 cm³/mol. The van der Waals surface area contributed by atoms with E-state index in [1.807, 2.05) is 0 Å². The highest BCUT2D eigenvalue weighted by Gasteiger charge is 2.00. The summed E-state index contributed by atoms with van der Waals surface area (Å²) in [7, 11) is -3.33. The van der Waals surface area contributed by atoms with E-state index in [1.54, 1.807) is 11.6 Å². The monoisotopic (exact) mass is 151 g/mol. The van der Waals surface area contributed by atoms with Crippen molar-refractivity contribution in [1.29, 1.82) is 0 Å². The molecule has 5 heteroatoms. The highest BCUT2D eigenvalue weighted by atomic mass is 32.2. The van der Waals surface area contributed by atoms with E-state index in [0.29, 0.717) is 0 Å². The standard InChI is InChI=1S/C4H9NO3S/c1-3-4(6)5-9(2,7)8/h2-3H2,1H3,(H2,5,6,7,8). The van der Waals surface area contributed by atoms with Gasteiger partial charge in [-0.05, 0) is 5.87 Å². The van der Waals surface area contributed by atoms with Crippen LogP contribution in [0.4, 0.5) is 0 Å². The maximum atomic E-state index is 10.3. The van der Waals surface area contributed by atoms with Gasteiger partial charge in [0.25, 0.3) is 0 Å². The molecule has 0 aliphatic heterocycles. The van der Waals surface area contributed by atoms with E-state index in [9.17, 15) is 9.00 Å². The first kappa shape index (κ1) is 8.45. The smallest absolute Gasteiger partial charge is 0.232 e. The minimum absolute atomic E-state index is 0.188. The maximum Gasteiger partial charge on any atom is 0.232 e. The molecule has 0 rings (SSSR count). The molecule has 1 atom stereocenters. The van der Waals surface area contributed by atoms with E-state index < -0.39 is 15.9 Å². The van der Waals surface area contributed by atoms with Gasteiger partial charge in [0.15, 0.2) is 9.99 Å². The first-order valence-corrected chi connectivity index (χ1v) is 4.04. The minimum Gasteiger partial charge on any atom is -0.299 e. The molecule has 0 aromatic carbocycles. The summed E-state index contributed by atoms with van der Waals surface area (Å²) < 4.78 is 20.5. The van der Waals surface area contributed by atoms with Crippen LogP contribution in [0.2, 0.25) is 0 Å². The van der Waals surface area contributed by atoms with E-state index >= 15 is 0 Å². The Morgan fingerprint density at radius 1 is 1.89 bits per heavy atom. The molecule has 0 aromatic rings. The number of nitrogens with one attached hydrogen (secondary N) is 1. The van der Waals surface area contributed by atoms with Gasteiger partial charge in [0, 0.05) is 6.42 Å². The van der Waals surface area contributed by atoms with Gasteiger partial charge in [0.2, 0.25) is 5.91 Å². The number of hydrogen-bond acceptors (Lipinski definition) is 2. The van der Waals surface area contributed by atoms with Crippen LogP contribution in [0.5, 0.6) is 0 Å². The molecule has 0 saturated heterocycles. The number of carbonyl (C=O) groups excluding carboxylic acids is 1. The van der Waals surface area contributed by atoms with Crippen molar-refractivity contribution < 1.29 is 13.6 Å². The van der Waals surface area contributed by atoms with Crippen molar-refractivity contribution in [2.45, 2.75) is 13.3 Å². The Bertz CT molecular complexity index is 194. The van der Waals surface area contributed by atoms with Gasteiger partial charge in [-0.3, -0.25) is 14.1 Å². The normalized spacial score (nSPS) is 16.2. The molecule has 0 saturated carbocycles. The summed E-state index contributed by atoms with van der Waals surface area (Å²) in [5, 5.41) is 0. The SMILES string of the molecule is C=S(=O)(O)NC(=O)CC. The van der Waals surface area contributed by atoms with Crippen molar-refractivity contribution in [3.63, 3.8) is 0 Å². The third-order valence-corrected chi connectivity index (χ3v) is 1.14. The minimum atomic E-state index is -3.33. The Balaban J connectivity index is 3.91. The van der Waals surface area contributed by atoms with Gasteiger partial charge in [-0.25, -0.2) is 4.21 Å². The molecule has 4 nitrogen and oxygen atoms in total. The largest absolute Gasteiger partial charge is 0.299 e. The molecule has 1 unspecified atom stereocenters. The van der Waals surface area contributed by atoms with E-state index in [4.69, 9.17) is 4.55 Å². The third-order valence-electron chi connectivity index (χ3n) is 0.594. The second-order valence-corrected chi connectivity index (χ2v) is 3.00. The summed E-state index contributed by atoms with van der Waals surface area (Å²) in [5.41, 5.74) is 0. The van der Waals surface area contributed by atoms with Crippen LogP contribution < -0.4 is 4.72 Å². The zero-order chi connectivity index (χ0) is 7.49. The van der Waals surface area contributed by atoms with Gasteiger partial charge >= 0.3 is 0 Å². The van der Waals surface area contributed by atoms with Crippen LogP contribution in [0.1, 0.15) is 13.3 Å². The molecule has 0 aromatic heterocycles. The van der Waals surface area contributed by atoms with Crippen LogP contribution in [-0.2, 0) is 14.8 Å².